The van der Waals surface area contributed by atoms with Crippen LogP contribution in [-0.2, 0) is 5.41 Å². The van der Waals surface area contributed by atoms with Crippen LogP contribution in [0.5, 0.6) is 0 Å². The summed E-state index contributed by atoms with van der Waals surface area (Å²) in [5.41, 5.74) is 16.2. The van der Waals surface area contributed by atoms with Crippen LogP contribution in [0.3, 0.4) is 0 Å². The smallest absolute Gasteiger partial charge is 0.0857 e. The fourth-order valence-corrected chi connectivity index (χ4v) is 11.2. The van der Waals surface area contributed by atoms with Gasteiger partial charge < -0.3 is 10.2 Å². The Hall–Kier alpha value is -6.08. The number of hydrogen-bond donors (Lipinski definition) is 2. The topological polar surface area (TPSA) is 89.9 Å². The predicted octanol–water partition coefficient (Wildman–Crippen LogP) is 20.1. The largest absolute Gasteiger partial charge is 0.396 e. The zero-order valence-corrected chi connectivity index (χ0v) is 44.8. The molecule has 1 aliphatic rings. The lowest BCUT2D eigenvalue weighted by atomic mass is 9.65. The molecule has 382 valence electrons. The summed E-state index contributed by atoms with van der Waals surface area (Å²) in [6, 6.07) is 47.7. The van der Waals surface area contributed by atoms with Gasteiger partial charge in [0.05, 0.1) is 22.7 Å². The molecule has 0 amide bonds. The summed E-state index contributed by atoms with van der Waals surface area (Å²) in [4.78, 5) is 0. The van der Waals surface area contributed by atoms with Crippen LogP contribution in [0.2, 0.25) is 0 Å². The summed E-state index contributed by atoms with van der Waals surface area (Å²) in [5, 5.41) is 37.0. The lowest BCUT2D eigenvalue weighted by Gasteiger charge is -2.39. The molecule has 0 aromatic heterocycles. The monoisotopic (exact) mass is 975 g/mol. The van der Waals surface area contributed by atoms with Gasteiger partial charge in [-0.2, -0.15) is 20.5 Å². The summed E-state index contributed by atoms with van der Waals surface area (Å²) in [6.45, 7) is 14.2. The van der Waals surface area contributed by atoms with Gasteiger partial charge in [-0.25, -0.2) is 0 Å². The first-order valence-corrected chi connectivity index (χ1v) is 27.9. The van der Waals surface area contributed by atoms with E-state index < -0.39 is 0 Å². The van der Waals surface area contributed by atoms with E-state index >= 15 is 0 Å². The number of rotatable bonds is 28. The van der Waals surface area contributed by atoms with Crippen molar-refractivity contribution in [1.82, 2.24) is 0 Å². The molecule has 4 atom stereocenters. The highest BCUT2D eigenvalue weighted by molar-refractivity contribution is 5.85. The fraction of sp³-hybridized carbons (Fsp3) is 0.403. The Morgan fingerprint density at radius 2 is 0.726 bits per heavy atom. The fourth-order valence-electron chi connectivity index (χ4n) is 11.2. The van der Waals surface area contributed by atoms with Gasteiger partial charge in [-0.1, -0.05) is 202 Å². The first-order chi connectivity index (χ1) is 35.8. The second-order valence-electron chi connectivity index (χ2n) is 20.6. The van der Waals surface area contributed by atoms with Crippen molar-refractivity contribution in [3.05, 3.63) is 178 Å². The second kappa shape index (κ2) is 27.8. The van der Waals surface area contributed by atoms with E-state index in [0.717, 1.165) is 59.6 Å². The molecule has 0 radical (unpaired) electrons. The van der Waals surface area contributed by atoms with Crippen LogP contribution < -0.4 is 0 Å². The van der Waals surface area contributed by atoms with Gasteiger partial charge >= 0.3 is 0 Å². The molecule has 2 N–H and O–H groups in total. The van der Waals surface area contributed by atoms with Crippen LogP contribution in [0.15, 0.2) is 154 Å². The number of fused-ring (bicyclic) bond motifs is 3. The normalized spacial score (nSPS) is 16.2. The molecule has 7 rings (SSSR count). The Balaban J connectivity index is 1.15. The molecule has 73 heavy (non-hydrogen) atoms. The zero-order chi connectivity index (χ0) is 51.4. The minimum absolute atomic E-state index is 0.0879. The summed E-state index contributed by atoms with van der Waals surface area (Å²) in [5.74, 6) is 2.00. The van der Waals surface area contributed by atoms with Crippen molar-refractivity contribution in [2.45, 2.75) is 149 Å². The maximum absolute atomic E-state index is 9.45. The van der Waals surface area contributed by atoms with E-state index in [1.165, 1.54) is 109 Å². The van der Waals surface area contributed by atoms with Gasteiger partial charge in [-0.05, 0) is 166 Å². The Kier molecular flexibility index (Phi) is 20.8. The number of unbranched alkanes of at least 4 members (excludes halogenated alkanes) is 2. The molecule has 0 saturated carbocycles. The Morgan fingerprint density at radius 3 is 1.04 bits per heavy atom. The molecule has 0 aliphatic heterocycles. The molecule has 4 unspecified atom stereocenters. The van der Waals surface area contributed by atoms with E-state index in [1.54, 1.807) is 0 Å². The van der Waals surface area contributed by atoms with Crippen molar-refractivity contribution in [2.75, 3.05) is 13.2 Å². The molecule has 6 heteroatoms. The maximum atomic E-state index is 9.45. The highest BCUT2D eigenvalue weighted by Crippen LogP contribution is 2.57. The molecule has 6 aromatic rings. The average molecular weight is 975 g/mol. The molecule has 6 nitrogen and oxygen atoms in total. The second-order valence-corrected chi connectivity index (χ2v) is 20.6. The van der Waals surface area contributed by atoms with Crippen molar-refractivity contribution in [3.63, 3.8) is 0 Å². The van der Waals surface area contributed by atoms with Crippen LogP contribution in [0.4, 0.5) is 22.7 Å². The molecule has 0 saturated heterocycles. The van der Waals surface area contributed by atoms with Crippen molar-refractivity contribution in [3.8, 4) is 11.1 Å². The lowest BCUT2D eigenvalue weighted by molar-refractivity contribution is 0.266. The molecule has 1 aliphatic carbocycles. The summed E-state index contributed by atoms with van der Waals surface area (Å²) >= 11 is 0. The van der Waals surface area contributed by atoms with Gasteiger partial charge in [0.2, 0.25) is 0 Å². The number of nitrogens with zero attached hydrogens (tertiary/aromatic N) is 4. The van der Waals surface area contributed by atoms with Gasteiger partial charge in [0.25, 0.3) is 0 Å². The van der Waals surface area contributed by atoms with E-state index in [4.69, 9.17) is 0 Å². The summed E-state index contributed by atoms with van der Waals surface area (Å²) in [7, 11) is 0. The number of azo groups is 2. The highest BCUT2D eigenvalue weighted by atomic mass is 16.3. The van der Waals surface area contributed by atoms with Crippen LogP contribution in [0.1, 0.15) is 188 Å². The highest BCUT2D eigenvalue weighted by Gasteiger charge is 2.45. The minimum atomic E-state index is -0.0879. The molecule has 0 fully saturated rings. The van der Waals surface area contributed by atoms with Gasteiger partial charge in [0.1, 0.15) is 0 Å². The number of aliphatic hydroxyl groups is 2. The molecule has 6 aromatic carbocycles. The summed E-state index contributed by atoms with van der Waals surface area (Å²) in [6.07, 6.45) is 24.8. The third kappa shape index (κ3) is 14.6. The Morgan fingerprint density at radius 1 is 0.397 bits per heavy atom. The first-order valence-electron chi connectivity index (χ1n) is 27.9. The summed E-state index contributed by atoms with van der Waals surface area (Å²) < 4.78 is 0. The number of hydrogen-bond acceptors (Lipinski definition) is 6. The van der Waals surface area contributed by atoms with E-state index in [2.05, 4.69) is 171 Å². The Bertz CT molecular complexity index is 2540. The van der Waals surface area contributed by atoms with Crippen molar-refractivity contribution in [2.24, 2.45) is 32.3 Å². The minimum Gasteiger partial charge on any atom is -0.396 e. The van der Waals surface area contributed by atoms with E-state index in [1.807, 2.05) is 48.5 Å². The third-order valence-corrected chi connectivity index (χ3v) is 15.7. The number of benzene rings is 6. The average Bonchev–Trinajstić information content (AvgIpc) is 3.69. The molecular weight excluding hydrogens is 893 g/mol. The standard InChI is InChI=1S/C67H82N4O2/c1-7-13-15-49(9-3)47-67(48-50(10-4)16-14-8-2)65-45-53(19-17-51-21-31-59(32-22-51)68-70-61-35-27-57(28-36-61)55(11-5)41-43-72)25-39-63(65)64-40-26-54(46-66(64)67)20-18-52-23-33-60(34-24-52)69-71-62-37-29-58(30-38-62)56(12-6)42-44-73/h17-40,45-46,49-50,55-56,72-73H,7-16,41-44,47-48H2,1-6H3/b19-17+,20-18+,70-68?,71-69?. The van der Waals surface area contributed by atoms with Crippen LogP contribution in [-0.4, -0.2) is 23.4 Å². The van der Waals surface area contributed by atoms with Crippen molar-refractivity contribution < 1.29 is 10.2 Å². The van der Waals surface area contributed by atoms with Gasteiger partial charge in [0.15, 0.2) is 0 Å². The van der Waals surface area contributed by atoms with Gasteiger partial charge in [0, 0.05) is 18.6 Å². The predicted molar refractivity (Wildman–Crippen MR) is 310 cm³/mol. The quantitative estimate of drug-likeness (QED) is 0.0379. The molecule has 0 heterocycles. The third-order valence-electron chi connectivity index (χ3n) is 15.7. The van der Waals surface area contributed by atoms with Gasteiger partial charge in [-0.15, -0.1) is 0 Å². The van der Waals surface area contributed by atoms with Crippen LogP contribution in [0, 0.1) is 11.8 Å². The van der Waals surface area contributed by atoms with Gasteiger partial charge in [-0.3, -0.25) is 0 Å². The molecule has 0 spiro atoms. The van der Waals surface area contributed by atoms with Crippen molar-refractivity contribution >= 4 is 47.1 Å². The maximum Gasteiger partial charge on any atom is 0.0857 e. The number of aliphatic hydroxyl groups excluding tert-OH is 2. The van der Waals surface area contributed by atoms with E-state index in [0.29, 0.717) is 23.7 Å². The van der Waals surface area contributed by atoms with Crippen molar-refractivity contribution in [1.29, 1.82) is 0 Å². The van der Waals surface area contributed by atoms with E-state index in [-0.39, 0.29) is 18.6 Å². The Labute approximate surface area is 438 Å². The molecular formula is C67H82N4O2. The first kappa shape index (κ1) is 54.7. The lowest BCUT2D eigenvalue weighted by Crippen LogP contribution is -2.31. The van der Waals surface area contributed by atoms with Crippen LogP contribution in [0.25, 0.3) is 35.4 Å². The van der Waals surface area contributed by atoms with E-state index in [9.17, 15) is 10.2 Å². The SMILES string of the molecule is CCCCC(CC)CC1(CC(CC)CCCC)c2cc(/C=C/c3ccc(N=Nc4ccc(C(CC)CCO)cc4)cc3)ccc2-c2ccc(/C=C/c3ccc(N=Nc4ccc(C(CC)CCO)cc4)cc3)cc21. The van der Waals surface area contributed by atoms with Crippen LogP contribution >= 0.6 is 0 Å². The molecule has 0 bridgehead atoms. The zero-order valence-electron chi connectivity index (χ0n) is 44.8.